The van der Waals surface area contributed by atoms with Crippen molar-refractivity contribution < 1.29 is 18.3 Å². The second-order valence-electron chi connectivity index (χ2n) is 9.47. The van der Waals surface area contributed by atoms with Crippen LogP contribution < -0.4 is 10.0 Å². The van der Waals surface area contributed by atoms with Gasteiger partial charge in [-0.05, 0) is 62.1 Å². The Kier molecular flexibility index (Phi) is 6.23. The van der Waals surface area contributed by atoms with Gasteiger partial charge in [-0.15, -0.1) is 0 Å². The Balaban J connectivity index is 1.47. The number of nitrogens with zero attached hydrogens (tertiary/aromatic N) is 2. The third-order valence-electron chi connectivity index (χ3n) is 6.68. The average Bonchev–Trinajstić information content (AvgIpc) is 3.66. The third-order valence-corrected chi connectivity index (χ3v) is 6.99. The number of aryl methyl sites for hydroxylation is 3. The minimum Gasteiger partial charge on any atom is -0.710 e. The number of alkyl halides is 2. The Labute approximate surface area is 217 Å². The maximum absolute atomic E-state index is 14.5. The SMILES string of the molecule is Cc1cccc(C)c1-c1nc(-c2[nH]c(C)c(C(=O)Nc3cccc(C(F)(F)C4CC4)c3)[n+]2[O-])ccc1Cl. The quantitative estimate of drug-likeness (QED) is 0.218. The van der Waals surface area contributed by atoms with Crippen molar-refractivity contribution in [3.05, 3.63) is 92.9 Å². The molecule has 2 N–H and O–H groups in total. The number of carbonyl (C=O) groups is 1. The number of hydrogen-bond acceptors (Lipinski definition) is 3. The van der Waals surface area contributed by atoms with E-state index in [4.69, 9.17) is 11.6 Å². The second kappa shape index (κ2) is 9.27. The monoisotopic (exact) mass is 522 g/mol. The van der Waals surface area contributed by atoms with Crippen LogP contribution in [0.2, 0.25) is 5.02 Å². The number of benzene rings is 2. The highest BCUT2D eigenvalue weighted by atomic mass is 35.5. The number of carbonyl (C=O) groups excluding carboxylic acids is 1. The number of nitrogens with one attached hydrogen (secondary N) is 2. The highest BCUT2D eigenvalue weighted by molar-refractivity contribution is 6.33. The van der Waals surface area contributed by atoms with E-state index in [-0.39, 0.29) is 22.8 Å². The predicted molar refractivity (Wildman–Crippen MR) is 139 cm³/mol. The van der Waals surface area contributed by atoms with Crippen LogP contribution in [0.3, 0.4) is 0 Å². The van der Waals surface area contributed by atoms with E-state index in [2.05, 4.69) is 15.3 Å². The van der Waals surface area contributed by atoms with Gasteiger partial charge in [-0.25, -0.2) is 23.5 Å². The summed E-state index contributed by atoms with van der Waals surface area (Å²) in [5.41, 5.74) is 3.85. The van der Waals surface area contributed by atoms with Crippen molar-refractivity contribution in [3.63, 3.8) is 0 Å². The Morgan fingerprint density at radius 2 is 1.78 bits per heavy atom. The number of H-pyrrole nitrogens is 1. The lowest BCUT2D eigenvalue weighted by molar-refractivity contribution is -0.594. The van der Waals surface area contributed by atoms with E-state index in [9.17, 15) is 18.8 Å². The summed E-state index contributed by atoms with van der Waals surface area (Å²) in [6.07, 6.45) is 0.962. The van der Waals surface area contributed by atoms with E-state index in [1.807, 2.05) is 32.0 Å². The molecule has 1 fully saturated rings. The standard InChI is InChI=1S/C28H25ClF2N4O2/c1-15-6-4-7-16(2)23(15)24-21(29)12-13-22(34-24)26-32-17(3)25(35(26)37)27(36)33-20-9-5-8-19(14-20)28(30,31)18-10-11-18/h4-9,12-14,18,32H,10-11H2,1-3H3,(H,33,36). The van der Waals surface area contributed by atoms with Crippen molar-refractivity contribution in [1.82, 2.24) is 9.97 Å². The summed E-state index contributed by atoms with van der Waals surface area (Å²) >= 11 is 6.47. The molecule has 6 nitrogen and oxygen atoms in total. The van der Waals surface area contributed by atoms with Gasteiger partial charge in [0.25, 0.3) is 11.8 Å². The molecule has 0 spiro atoms. The number of imidazole rings is 1. The van der Waals surface area contributed by atoms with Gasteiger partial charge in [-0.2, -0.15) is 0 Å². The molecule has 190 valence electrons. The van der Waals surface area contributed by atoms with E-state index in [1.54, 1.807) is 19.1 Å². The molecule has 9 heteroatoms. The maximum Gasteiger partial charge on any atom is 0.309 e. The van der Waals surface area contributed by atoms with Crippen LogP contribution in [-0.4, -0.2) is 15.9 Å². The molecule has 0 radical (unpaired) electrons. The van der Waals surface area contributed by atoms with Crippen LogP contribution in [-0.2, 0) is 5.92 Å². The molecule has 1 aliphatic rings. The van der Waals surface area contributed by atoms with Crippen molar-refractivity contribution in [3.8, 4) is 22.8 Å². The third kappa shape index (κ3) is 4.57. The molecule has 0 bridgehead atoms. The lowest BCUT2D eigenvalue weighted by Crippen LogP contribution is -2.36. The van der Waals surface area contributed by atoms with E-state index >= 15 is 0 Å². The topological polar surface area (TPSA) is 84.7 Å². The molecule has 0 atom stereocenters. The summed E-state index contributed by atoms with van der Waals surface area (Å²) < 4.78 is 29.6. The van der Waals surface area contributed by atoms with Crippen LogP contribution in [0, 0.1) is 31.9 Å². The molecule has 5 rings (SSSR count). The zero-order chi connectivity index (χ0) is 26.5. The average molecular weight is 523 g/mol. The molecule has 1 saturated carbocycles. The highest BCUT2D eigenvalue weighted by Crippen LogP contribution is 2.49. The van der Waals surface area contributed by atoms with Gasteiger partial charge in [-0.1, -0.05) is 41.9 Å². The van der Waals surface area contributed by atoms with Gasteiger partial charge >= 0.3 is 5.82 Å². The molecule has 4 aromatic rings. The van der Waals surface area contributed by atoms with Gasteiger partial charge < -0.3 is 10.5 Å². The number of aromatic nitrogens is 3. The number of halogens is 3. The number of anilines is 1. The molecule has 1 amide bonds. The summed E-state index contributed by atoms with van der Waals surface area (Å²) in [4.78, 5) is 20.7. The van der Waals surface area contributed by atoms with E-state index in [1.165, 1.54) is 24.3 Å². The molecule has 0 aliphatic heterocycles. The van der Waals surface area contributed by atoms with Crippen molar-refractivity contribution in [2.24, 2.45) is 5.92 Å². The first-order valence-electron chi connectivity index (χ1n) is 11.9. The van der Waals surface area contributed by atoms with Crippen LogP contribution in [0.4, 0.5) is 14.5 Å². The number of rotatable bonds is 6. The lowest BCUT2D eigenvalue weighted by Gasteiger charge is -2.17. The lowest BCUT2D eigenvalue weighted by atomic mass is 9.99. The van der Waals surface area contributed by atoms with E-state index in [0.717, 1.165) is 16.7 Å². The maximum atomic E-state index is 14.5. The summed E-state index contributed by atoms with van der Waals surface area (Å²) in [6, 6.07) is 14.7. The van der Waals surface area contributed by atoms with Gasteiger partial charge in [0.15, 0.2) is 11.4 Å². The van der Waals surface area contributed by atoms with Crippen LogP contribution in [0.1, 0.15) is 45.7 Å². The van der Waals surface area contributed by atoms with Crippen LogP contribution >= 0.6 is 11.6 Å². The van der Waals surface area contributed by atoms with Gasteiger partial charge in [0.2, 0.25) is 5.69 Å². The molecule has 0 saturated heterocycles. The molecule has 2 aromatic carbocycles. The number of hydrogen-bond donors (Lipinski definition) is 2. The Hall–Kier alpha value is -3.78. The Bertz CT molecular complexity index is 1510. The van der Waals surface area contributed by atoms with Gasteiger partial charge in [-0.3, -0.25) is 4.79 Å². The fourth-order valence-electron chi connectivity index (χ4n) is 4.60. The molecule has 0 unspecified atom stereocenters. The second-order valence-corrected chi connectivity index (χ2v) is 9.87. The molecular weight excluding hydrogens is 498 g/mol. The molecule has 2 heterocycles. The van der Waals surface area contributed by atoms with Crippen molar-refractivity contribution in [2.75, 3.05) is 5.32 Å². The summed E-state index contributed by atoms with van der Waals surface area (Å²) in [7, 11) is 0. The molecule has 1 aliphatic carbocycles. The number of pyridine rings is 1. The zero-order valence-corrected chi connectivity index (χ0v) is 21.3. The summed E-state index contributed by atoms with van der Waals surface area (Å²) in [5, 5.41) is 16.3. The first-order valence-corrected chi connectivity index (χ1v) is 12.3. The van der Waals surface area contributed by atoms with Crippen LogP contribution in [0.25, 0.3) is 22.8 Å². The minimum atomic E-state index is -2.95. The predicted octanol–water partition coefficient (Wildman–Crippen LogP) is 6.71. The fourth-order valence-corrected chi connectivity index (χ4v) is 4.80. The number of aromatic amines is 1. The van der Waals surface area contributed by atoms with Crippen molar-refractivity contribution >= 4 is 23.2 Å². The zero-order valence-electron chi connectivity index (χ0n) is 20.5. The van der Waals surface area contributed by atoms with Gasteiger partial charge in [0.1, 0.15) is 0 Å². The van der Waals surface area contributed by atoms with E-state index in [0.29, 0.717) is 39.7 Å². The van der Waals surface area contributed by atoms with Gasteiger partial charge in [0.05, 0.1) is 10.7 Å². The summed E-state index contributed by atoms with van der Waals surface area (Å²) in [5.74, 6) is -4.27. The Morgan fingerprint density at radius 3 is 2.46 bits per heavy atom. The molecule has 2 aromatic heterocycles. The molecular formula is C28H25ClF2N4O2. The largest absolute Gasteiger partial charge is 0.710 e. The number of amides is 1. The smallest absolute Gasteiger partial charge is 0.309 e. The van der Waals surface area contributed by atoms with Crippen LogP contribution in [0.5, 0.6) is 0 Å². The summed E-state index contributed by atoms with van der Waals surface area (Å²) in [6.45, 7) is 5.50. The minimum absolute atomic E-state index is 0.0702. The normalized spacial score (nSPS) is 13.6. The highest BCUT2D eigenvalue weighted by Gasteiger charge is 2.48. The molecule has 37 heavy (non-hydrogen) atoms. The fraction of sp³-hybridized carbons (Fsp3) is 0.250. The first-order chi connectivity index (χ1) is 17.6. The van der Waals surface area contributed by atoms with Crippen molar-refractivity contribution in [2.45, 2.75) is 39.5 Å². The van der Waals surface area contributed by atoms with Gasteiger partial charge in [0, 0.05) is 29.7 Å². The van der Waals surface area contributed by atoms with Crippen molar-refractivity contribution in [1.29, 1.82) is 0 Å². The van der Waals surface area contributed by atoms with Crippen LogP contribution in [0.15, 0.2) is 54.6 Å². The Morgan fingerprint density at radius 1 is 1.11 bits per heavy atom. The van der Waals surface area contributed by atoms with E-state index < -0.39 is 17.7 Å². The first kappa shape index (κ1) is 24.9.